The minimum absolute atomic E-state index is 0.0942. The van der Waals surface area contributed by atoms with Crippen molar-refractivity contribution in [3.63, 3.8) is 0 Å². The smallest absolute Gasteiger partial charge is 0.226 e. The van der Waals surface area contributed by atoms with Crippen LogP contribution < -0.4 is 10.2 Å². The first-order valence-electron chi connectivity index (χ1n) is 6.46. The van der Waals surface area contributed by atoms with Crippen molar-refractivity contribution in [1.82, 2.24) is 10.2 Å². The third kappa shape index (κ3) is 2.36. The fraction of sp³-hybridized carbons (Fsp3) is 0.286. The number of aromatic nitrogens is 2. The second-order valence-corrected chi connectivity index (χ2v) is 4.90. The average Bonchev–Trinajstić information content (AvgIpc) is 2.73. The van der Waals surface area contributed by atoms with E-state index in [1.807, 2.05) is 6.92 Å². The van der Waals surface area contributed by atoms with Crippen LogP contribution in [-0.2, 0) is 11.3 Å². The fourth-order valence-corrected chi connectivity index (χ4v) is 2.36. The molecule has 0 fully saturated rings. The lowest BCUT2D eigenvalue weighted by Crippen LogP contribution is -2.24. The van der Waals surface area contributed by atoms with Crippen molar-refractivity contribution in [2.75, 3.05) is 16.8 Å². The number of nitrogens with one attached hydrogen (secondary N) is 2. The van der Waals surface area contributed by atoms with Crippen LogP contribution in [0.25, 0.3) is 0 Å². The van der Waals surface area contributed by atoms with Gasteiger partial charge in [0, 0.05) is 30.8 Å². The predicted molar refractivity (Wildman–Crippen MR) is 74.0 cm³/mol. The van der Waals surface area contributed by atoms with Gasteiger partial charge in [0.25, 0.3) is 0 Å². The normalized spacial score (nSPS) is 14.7. The molecule has 0 saturated carbocycles. The van der Waals surface area contributed by atoms with E-state index < -0.39 is 0 Å². The lowest BCUT2D eigenvalue weighted by atomic mass is 10.2. The number of hydrogen-bond acceptors (Lipinski definition) is 3. The molecule has 6 heteroatoms. The molecule has 1 aromatic carbocycles. The number of amides is 1. The zero-order chi connectivity index (χ0) is 14.1. The Balaban J connectivity index is 1.96. The van der Waals surface area contributed by atoms with Crippen molar-refractivity contribution in [1.29, 1.82) is 0 Å². The van der Waals surface area contributed by atoms with E-state index in [0.29, 0.717) is 25.2 Å². The van der Waals surface area contributed by atoms with Crippen LogP contribution in [0.2, 0.25) is 0 Å². The summed E-state index contributed by atoms with van der Waals surface area (Å²) in [6.45, 7) is 3.18. The highest BCUT2D eigenvalue weighted by atomic mass is 19.1. The molecular weight excluding hydrogens is 259 g/mol. The molecule has 2 heterocycles. The largest absolute Gasteiger partial charge is 0.365 e. The zero-order valence-corrected chi connectivity index (χ0v) is 11.1. The van der Waals surface area contributed by atoms with Gasteiger partial charge in [-0.15, -0.1) is 0 Å². The van der Waals surface area contributed by atoms with Crippen molar-refractivity contribution in [2.24, 2.45) is 0 Å². The Morgan fingerprint density at radius 1 is 1.45 bits per heavy atom. The highest BCUT2D eigenvalue weighted by molar-refractivity contribution is 5.96. The number of aryl methyl sites for hydroxylation is 1. The Labute approximate surface area is 115 Å². The lowest BCUT2D eigenvalue weighted by molar-refractivity contribution is -0.115. The van der Waals surface area contributed by atoms with Crippen LogP contribution in [0.15, 0.2) is 24.4 Å². The minimum atomic E-state index is -0.356. The van der Waals surface area contributed by atoms with Crippen LogP contribution in [0, 0.1) is 12.7 Å². The summed E-state index contributed by atoms with van der Waals surface area (Å²) in [7, 11) is 0. The fourth-order valence-electron chi connectivity index (χ4n) is 2.36. The third-order valence-electron chi connectivity index (χ3n) is 3.48. The molecule has 2 aromatic rings. The summed E-state index contributed by atoms with van der Waals surface area (Å²) in [6, 6.07) is 4.46. The van der Waals surface area contributed by atoms with Crippen molar-refractivity contribution >= 4 is 17.3 Å². The quantitative estimate of drug-likeness (QED) is 0.882. The van der Waals surface area contributed by atoms with Crippen LogP contribution >= 0.6 is 0 Å². The van der Waals surface area contributed by atoms with Gasteiger partial charge in [0.05, 0.1) is 17.6 Å². The molecule has 0 aliphatic carbocycles. The number of anilines is 2. The first-order valence-corrected chi connectivity index (χ1v) is 6.46. The van der Waals surface area contributed by atoms with E-state index in [0.717, 1.165) is 16.9 Å². The predicted octanol–water partition coefficient (Wildman–Crippen LogP) is 2.21. The molecule has 0 unspecified atom stereocenters. The van der Waals surface area contributed by atoms with E-state index in [-0.39, 0.29) is 11.7 Å². The number of carbonyl (C=O) groups is 1. The van der Waals surface area contributed by atoms with Crippen molar-refractivity contribution in [3.05, 3.63) is 41.5 Å². The van der Waals surface area contributed by atoms with Gasteiger partial charge in [-0.25, -0.2) is 4.39 Å². The van der Waals surface area contributed by atoms with Gasteiger partial charge in [-0.2, -0.15) is 5.10 Å². The maximum atomic E-state index is 13.3. The van der Waals surface area contributed by atoms with Gasteiger partial charge in [-0.05, 0) is 25.1 Å². The Morgan fingerprint density at radius 2 is 2.30 bits per heavy atom. The van der Waals surface area contributed by atoms with Gasteiger partial charge in [0.2, 0.25) is 5.91 Å². The number of rotatable bonds is 2. The summed E-state index contributed by atoms with van der Waals surface area (Å²) in [5.74, 6) is -0.450. The molecule has 5 nitrogen and oxygen atoms in total. The Kier molecular flexibility index (Phi) is 3.14. The maximum absolute atomic E-state index is 13.3. The summed E-state index contributed by atoms with van der Waals surface area (Å²) < 4.78 is 13.3. The molecule has 0 atom stereocenters. The Morgan fingerprint density at radius 3 is 3.05 bits per heavy atom. The van der Waals surface area contributed by atoms with E-state index in [4.69, 9.17) is 0 Å². The van der Waals surface area contributed by atoms with Crippen molar-refractivity contribution in [3.8, 4) is 0 Å². The summed E-state index contributed by atoms with van der Waals surface area (Å²) >= 11 is 0. The van der Waals surface area contributed by atoms with Crippen LogP contribution in [0.3, 0.4) is 0 Å². The topological polar surface area (TPSA) is 61.0 Å². The van der Waals surface area contributed by atoms with Crippen LogP contribution in [0.4, 0.5) is 15.8 Å². The molecule has 2 N–H and O–H groups in total. The second-order valence-electron chi connectivity index (χ2n) is 4.90. The number of fused-ring (bicyclic) bond motifs is 1. The summed E-state index contributed by atoms with van der Waals surface area (Å²) in [4.78, 5) is 13.8. The molecule has 1 aromatic heterocycles. The van der Waals surface area contributed by atoms with Crippen molar-refractivity contribution < 1.29 is 9.18 Å². The average molecular weight is 274 g/mol. The van der Waals surface area contributed by atoms with Gasteiger partial charge in [-0.3, -0.25) is 9.89 Å². The van der Waals surface area contributed by atoms with Crippen LogP contribution in [-0.4, -0.2) is 22.6 Å². The van der Waals surface area contributed by atoms with E-state index >= 15 is 0 Å². The molecule has 3 rings (SSSR count). The van der Waals surface area contributed by atoms with Crippen LogP contribution in [0.5, 0.6) is 0 Å². The molecule has 104 valence electrons. The number of aromatic amines is 1. The number of H-pyrrole nitrogens is 1. The number of hydrogen-bond donors (Lipinski definition) is 2. The molecule has 1 aliphatic rings. The van der Waals surface area contributed by atoms with Gasteiger partial charge in [0.15, 0.2) is 0 Å². The first-order chi connectivity index (χ1) is 9.63. The highest BCUT2D eigenvalue weighted by Gasteiger charge is 2.20. The third-order valence-corrected chi connectivity index (χ3v) is 3.48. The molecule has 0 radical (unpaired) electrons. The molecule has 1 amide bonds. The number of halogens is 1. The summed E-state index contributed by atoms with van der Waals surface area (Å²) in [6.07, 6.45) is 2.16. The zero-order valence-electron chi connectivity index (χ0n) is 11.1. The SMILES string of the molecule is Cc1[nH]ncc1CN1CCC(=O)Nc2cc(F)ccc21. The summed E-state index contributed by atoms with van der Waals surface area (Å²) in [5.41, 5.74) is 3.42. The first kappa shape index (κ1) is 12.7. The lowest BCUT2D eigenvalue weighted by Gasteiger charge is -2.23. The number of nitrogens with zero attached hydrogens (tertiary/aromatic N) is 2. The van der Waals surface area contributed by atoms with E-state index in [2.05, 4.69) is 20.4 Å². The van der Waals surface area contributed by atoms with Gasteiger partial charge in [0.1, 0.15) is 5.82 Å². The molecule has 1 aliphatic heterocycles. The monoisotopic (exact) mass is 274 g/mol. The molecule has 20 heavy (non-hydrogen) atoms. The van der Waals surface area contributed by atoms with Crippen molar-refractivity contribution in [2.45, 2.75) is 19.9 Å². The minimum Gasteiger partial charge on any atom is -0.365 e. The number of benzene rings is 1. The number of carbonyl (C=O) groups excluding carboxylic acids is 1. The maximum Gasteiger partial charge on any atom is 0.226 e. The van der Waals surface area contributed by atoms with E-state index in [1.165, 1.54) is 12.1 Å². The molecule has 0 bridgehead atoms. The second kappa shape index (κ2) is 4.96. The standard InChI is InChI=1S/C14H15FN4O/c1-9-10(7-16-18-9)8-19-5-4-14(20)17-12-6-11(15)2-3-13(12)19/h2-3,6-7H,4-5,8H2,1H3,(H,16,18)(H,17,20). The Bertz CT molecular complexity index is 652. The molecule has 0 spiro atoms. The van der Waals surface area contributed by atoms with Gasteiger partial charge in [-0.1, -0.05) is 0 Å². The molecule has 0 saturated heterocycles. The van der Waals surface area contributed by atoms with Crippen LogP contribution in [0.1, 0.15) is 17.7 Å². The Hall–Kier alpha value is -2.37. The van der Waals surface area contributed by atoms with Gasteiger partial charge < -0.3 is 10.2 Å². The molecular formula is C14H15FN4O. The van der Waals surface area contributed by atoms with Gasteiger partial charge >= 0.3 is 0 Å². The highest BCUT2D eigenvalue weighted by Crippen LogP contribution is 2.30. The van der Waals surface area contributed by atoms with E-state index in [9.17, 15) is 9.18 Å². The summed E-state index contributed by atoms with van der Waals surface area (Å²) in [5, 5.41) is 9.64. The van der Waals surface area contributed by atoms with E-state index in [1.54, 1.807) is 12.3 Å².